The Morgan fingerprint density at radius 1 is 0.970 bits per heavy atom. The van der Waals surface area contributed by atoms with E-state index in [2.05, 4.69) is 0 Å². The summed E-state index contributed by atoms with van der Waals surface area (Å²) < 4.78 is 25.2. The number of ether oxygens (including phenoxy) is 2. The van der Waals surface area contributed by atoms with Crippen LogP contribution in [0.5, 0.6) is 11.5 Å². The van der Waals surface area contributed by atoms with Crippen molar-refractivity contribution in [2.45, 2.75) is 19.0 Å². The van der Waals surface area contributed by atoms with E-state index in [1.807, 2.05) is 0 Å². The summed E-state index contributed by atoms with van der Waals surface area (Å²) in [5, 5.41) is 0. The minimum Gasteiger partial charge on any atom is -0.454 e. The molecule has 0 aromatic heterocycles. The molecule has 3 aromatic rings. The summed E-state index contributed by atoms with van der Waals surface area (Å²) in [5.74, 6) is -1.23. The van der Waals surface area contributed by atoms with Crippen molar-refractivity contribution in [1.82, 2.24) is 4.90 Å². The van der Waals surface area contributed by atoms with Gasteiger partial charge in [0.15, 0.2) is 11.5 Å². The molecule has 0 spiro atoms. The maximum absolute atomic E-state index is 14.5. The number of benzene rings is 3. The van der Waals surface area contributed by atoms with Crippen LogP contribution in [0.1, 0.15) is 22.3 Å². The number of carbonyl (C=O) groups is 3. The summed E-state index contributed by atoms with van der Waals surface area (Å²) >= 11 is 0. The third kappa shape index (κ3) is 3.80. The molecule has 33 heavy (non-hydrogen) atoms. The second-order valence-corrected chi connectivity index (χ2v) is 7.72. The van der Waals surface area contributed by atoms with E-state index in [-0.39, 0.29) is 25.3 Å². The van der Waals surface area contributed by atoms with Crippen molar-refractivity contribution in [3.63, 3.8) is 0 Å². The van der Waals surface area contributed by atoms with Crippen molar-refractivity contribution in [3.05, 3.63) is 89.7 Å². The van der Waals surface area contributed by atoms with Gasteiger partial charge in [0.05, 0.1) is 17.7 Å². The van der Waals surface area contributed by atoms with Crippen LogP contribution >= 0.6 is 0 Å². The van der Waals surface area contributed by atoms with Crippen molar-refractivity contribution in [2.75, 3.05) is 11.7 Å². The molecule has 3 aromatic carbocycles. The molecule has 1 fully saturated rings. The lowest BCUT2D eigenvalue weighted by molar-refractivity contribution is -0.122. The average Bonchev–Trinajstić information content (AvgIpc) is 3.41. The number of para-hydroxylation sites is 1. The Morgan fingerprint density at radius 3 is 2.48 bits per heavy atom. The normalized spacial score (nSPS) is 16.9. The number of carbonyl (C=O) groups excluding carboxylic acids is 3. The van der Waals surface area contributed by atoms with Gasteiger partial charge in [-0.1, -0.05) is 36.4 Å². The second-order valence-electron chi connectivity index (χ2n) is 7.72. The van der Waals surface area contributed by atoms with Gasteiger partial charge < -0.3 is 14.4 Å². The monoisotopic (exact) mass is 446 g/mol. The quantitative estimate of drug-likeness (QED) is 0.561. The Balaban J connectivity index is 1.51. The van der Waals surface area contributed by atoms with E-state index in [0.29, 0.717) is 22.7 Å². The molecule has 5 rings (SSSR count). The highest BCUT2D eigenvalue weighted by atomic mass is 19.1. The lowest BCUT2D eigenvalue weighted by atomic mass is 10.1. The summed E-state index contributed by atoms with van der Waals surface area (Å²) in [6, 6.07) is 18.2. The van der Waals surface area contributed by atoms with Crippen molar-refractivity contribution in [3.8, 4) is 11.5 Å². The first kappa shape index (κ1) is 20.7. The Morgan fingerprint density at radius 2 is 1.70 bits per heavy atom. The zero-order valence-corrected chi connectivity index (χ0v) is 17.4. The summed E-state index contributed by atoms with van der Waals surface area (Å²) in [6.07, 6.45) is -0.196. The molecular weight excluding hydrogens is 427 g/mol. The zero-order valence-electron chi connectivity index (χ0n) is 17.4. The van der Waals surface area contributed by atoms with Gasteiger partial charge in [0.1, 0.15) is 11.9 Å². The Bertz CT molecular complexity index is 1250. The fourth-order valence-electron chi connectivity index (χ4n) is 4.06. The lowest BCUT2D eigenvalue weighted by Crippen LogP contribution is -2.45. The zero-order chi connectivity index (χ0) is 22.9. The molecule has 0 N–H and O–H groups in total. The maximum atomic E-state index is 14.5. The number of amides is 3. The molecule has 0 aliphatic carbocycles. The van der Waals surface area contributed by atoms with E-state index in [0.717, 1.165) is 4.90 Å². The summed E-state index contributed by atoms with van der Waals surface area (Å²) in [5.41, 5.74) is 0.912. The fraction of sp³-hybridized carbons (Fsp3) is 0.160. The number of fused-ring (bicyclic) bond motifs is 1. The van der Waals surface area contributed by atoms with Gasteiger partial charge in [0.2, 0.25) is 12.7 Å². The predicted octanol–water partition coefficient (Wildman–Crippen LogP) is 3.53. The minimum atomic E-state index is -1.07. The maximum Gasteiger partial charge on any atom is 0.257 e. The first-order chi connectivity index (χ1) is 16.0. The van der Waals surface area contributed by atoms with Crippen LogP contribution in [0.25, 0.3) is 0 Å². The van der Waals surface area contributed by atoms with E-state index in [1.165, 1.54) is 23.1 Å². The van der Waals surface area contributed by atoms with Crippen LogP contribution in [0.2, 0.25) is 0 Å². The molecule has 7 nitrogen and oxygen atoms in total. The molecule has 0 saturated carbocycles. The summed E-state index contributed by atoms with van der Waals surface area (Å²) in [6.45, 7) is 0.0778. The van der Waals surface area contributed by atoms with E-state index < -0.39 is 29.6 Å². The van der Waals surface area contributed by atoms with Gasteiger partial charge in [-0.25, -0.2) is 9.29 Å². The molecule has 2 aliphatic rings. The van der Waals surface area contributed by atoms with Crippen LogP contribution in [0, 0.1) is 5.82 Å². The summed E-state index contributed by atoms with van der Waals surface area (Å²) in [7, 11) is 0. The van der Waals surface area contributed by atoms with Crippen molar-refractivity contribution < 1.29 is 28.2 Å². The van der Waals surface area contributed by atoms with Crippen LogP contribution in [-0.4, -0.2) is 35.5 Å². The number of rotatable bonds is 5. The molecule has 1 unspecified atom stereocenters. The van der Waals surface area contributed by atoms with Crippen LogP contribution in [0.4, 0.5) is 10.1 Å². The highest BCUT2D eigenvalue weighted by molar-refractivity contribution is 6.23. The van der Waals surface area contributed by atoms with Crippen LogP contribution in [0.15, 0.2) is 72.8 Å². The molecule has 166 valence electrons. The Kier molecular flexibility index (Phi) is 5.26. The van der Waals surface area contributed by atoms with E-state index >= 15 is 0 Å². The fourth-order valence-corrected chi connectivity index (χ4v) is 4.06. The van der Waals surface area contributed by atoms with Crippen LogP contribution in [0.3, 0.4) is 0 Å². The number of halogens is 1. The molecule has 3 amide bonds. The van der Waals surface area contributed by atoms with Gasteiger partial charge in [-0.05, 0) is 42.0 Å². The third-order valence-corrected chi connectivity index (χ3v) is 5.67. The molecule has 1 atom stereocenters. The highest BCUT2D eigenvalue weighted by Crippen LogP contribution is 2.34. The number of nitrogens with zero attached hydrogens (tertiary/aromatic N) is 2. The lowest BCUT2D eigenvalue weighted by Gasteiger charge is -2.28. The molecule has 0 bridgehead atoms. The number of hydrogen-bond donors (Lipinski definition) is 0. The SMILES string of the molecule is O=C1CC(N(Cc2ccc3c(c2)OCO3)C(=O)c2ccccc2F)C(=O)N1c1ccccc1. The number of imide groups is 1. The van der Waals surface area contributed by atoms with E-state index in [1.54, 1.807) is 54.6 Å². The average molecular weight is 446 g/mol. The third-order valence-electron chi connectivity index (χ3n) is 5.67. The van der Waals surface area contributed by atoms with Gasteiger partial charge in [-0.2, -0.15) is 0 Å². The number of hydrogen-bond acceptors (Lipinski definition) is 5. The Labute approximate surface area is 188 Å². The predicted molar refractivity (Wildman–Crippen MR) is 116 cm³/mol. The molecule has 2 aliphatic heterocycles. The highest BCUT2D eigenvalue weighted by Gasteiger charge is 2.44. The van der Waals surface area contributed by atoms with Crippen LogP contribution in [-0.2, 0) is 16.1 Å². The minimum absolute atomic E-state index is 0.0177. The molecular formula is C25H19FN2O5. The largest absolute Gasteiger partial charge is 0.454 e. The number of anilines is 1. The van der Waals surface area contributed by atoms with Gasteiger partial charge in [-0.3, -0.25) is 14.4 Å². The van der Waals surface area contributed by atoms with Gasteiger partial charge >= 0.3 is 0 Å². The first-order valence-electron chi connectivity index (χ1n) is 10.4. The van der Waals surface area contributed by atoms with Crippen molar-refractivity contribution in [2.24, 2.45) is 0 Å². The van der Waals surface area contributed by atoms with Gasteiger partial charge in [0.25, 0.3) is 11.8 Å². The standard InChI is InChI=1S/C25H19FN2O5/c26-19-9-5-4-8-18(19)24(30)27(14-16-10-11-21-22(12-16)33-15-32-21)20-13-23(29)28(25(20)31)17-6-2-1-3-7-17/h1-12,20H,13-15H2. The van der Waals surface area contributed by atoms with E-state index in [4.69, 9.17) is 9.47 Å². The van der Waals surface area contributed by atoms with Crippen LogP contribution < -0.4 is 14.4 Å². The topological polar surface area (TPSA) is 76.1 Å². The first-order valence-corrected chi connectivity index (χ1v) is 10.4. The van der Waals surface area contributed by atoms with Crippen molar-refractivity contribution in [1.29, 1.82) is 0 Å². The smallest absolute Gasteiger partial charge is 0.257 e. The molecule has 8 heteroatoms. The molecule has 0 radical (unpaired) electrons. The Hall–Kier alpha value is -4.20. The summed E-state index contributed by atoms with van der Waals surface area (Å²) in [4.78, 5) is 41.9. The van der Waals surface area contributed by atoms with Crippen molar-refractivity contribution >= 4 is 23.4 Å². The van der Waals surface area contributed by atoms with E-state index in [9.17, 15) is 18.8 Å². The van der Waals surface area contributed by atoms with Gasteiger partial charge in [0, 0.05) is 6.54 Å². The molecule has 2 heterocycles. The van der Waals surface area contributed by atoms with Gasteiger partial charge in [-0.15, -0.1) is 0 Å². The molecule has 1 saturated heterocycles. The second kappa shape index (κ2) is 8.38.